The van der Waals surface area contributed by atoms with Gasteiger partial charge in [-0.3, -0.25) is 4.79 Å². The minimum atomic E-state index is -0.0817. The van der Waals surface area contributed by atoms with E-state index in [0.717, 1.165) is 16.9 Å². The van der Waals surface area contributed by atoms with Gasteiger partial charge in [0.25, 0.3) is 0 Å². The summed E-state index contributed by atoms with van der Waals surface area (Å²) in [5, 5.41) is 0. The zero-order valence-corrected chi connectivity index (χ0v) is 14.6. The van der Waals surface area contributed by atoms with Crippen molar-refractivity contribution in [3.8, 4) is 11.5 Å². The maximum atomic E-state index is 12.4. The molecule has 3 aromatic rings. The summed E-state index contributed by atoms with van der Waals surface area (Å²) < 4.78 is 11.1. The lowest BCUT2D eigenvalue weighted by Gasteiger charge is -2.09. The topological polar surface area (TPSA) is 35.5 Å². The summed E-state index contributed by atoms with van der Waals surface area (Å²) in [6.07, 6.45) is 3.33. The van der Waals surface area contributed by atoms with Gasteiger partial charge in [0.15, 0.2) is 5.78 Å². The van der Waals surface area contributed by atoms with Crippen molar-refractivity contribution < 1.29 is 14.3 Å². The van der Waals surface area contributed by atoms with E-state index in [1.54, 1.807) is 37.5 Å². The average molecular weight is 344 g/mol. The number of ketones is 1. The van der Waals surface area contributed by atoms with Gasteiger partial charge in [-0.25, -0.2) is 0 Å². The van der Waals surface area contributed by atoms with E-state index in [9.17, 15) is 4.79 Å². The van der Waals surface area contributed by atoms with E-state index in [2.05, 4.69) is 0 Å². The maximum absolute atomic E-state index is 12.4. The van der Waals surface area contributed by atoms with Crippen LogP contribution in [-0.4, -0.2) is 12.9 Å². The summed E-state index contributed by atoms with van der Waals surface area (Å²) in [7, 11) is 1.58. The molecule has 3 aromatic carbocycles. The normalized spacial score (nSPS) is 10.7. The summed E-state index contributed by atoms with van der Waals surface area (Å²) in [5.74, 6) is 1.32. The smallest absolute Gasteiger partial charge is 0.185 e. The average Bonchev–Trinajstić information content (AvgIpc) is 2.72. The molecule has 0 aromatic heterocycles. The lowest BCUT2D eigenvalue weighted by atomic mass is 10.1. The number of carbonyl (C=O) groups excluding carboxylic acids is 1. The first-order valence-corrected chi connectivity index (χ1v) is 8.38. The first kappa shape index (κ1) is 17.5. The van der Waals surface area contributed by atoms with Crippen LogP contribution in [0.5, 0.6) is 11.5 Å². The van der Waals surface area contributed by atoms with Crippen molar-refractivity contribution in [3.63, 3.8) is 0 Å². The number of carbonyl (C=O) groups is 1. The number of ether oxygens (including phenoxy) is 2. The number of methoxy groups -OCH3 is 1. The molecule has 0 aliphatic carbocycles. The van der Waals surface area contributed by atoms with Crippen LogP contribution in [0.25, 0.3) is 6.08 Å². The van der Waals surface area contributed by atoms with Gasteiger partial charge in [0.05, 0.1) is 7.11 Å². The number of benzene rings is 3. The van der Waals surface area contributed by atoms with Gasteiger partial charge in [0, 0.05) is 11.1 Å². The van der Waals surface area contributed by atoms with Crippen LogP contribution in [0.3, 0.4) is 0 Å². The molecule has 0 heterocycles. The molecule has 0 spiro atoms. The molecule has 130 valence electrons. The Morgan fingerprint density at radius 1 is 0.923 bits per heavy atom. The predicted molar refractivity (Wildman–Crippen MR) is 104 cm³/mol. The molecule has 0 aliphatic rings. The van der Waals surface area contributed by atoms with Crippen LogP contribution >= 0.6 is 0 Å². The Morgan fingerprint density at radius 2 is 1.69 bits per heavy atom. The Bertz CT molecular complexity index is 898. The number of rotatable bonds is 7. The van der Waals surface area contributed by atoms with Gasteiger partial charge in [-0.15, -0.1) is 0 Å². The van der Waals surface area contributed by atoms with Crippen molar-refractivity contribution >= 4 is 11.9 Å². The monoisotopic (exact) mass is 344 g/mol. The summed E-state index contributed by atoms with van der Waals surface area (Å²) in [4.78, 5) is 12.4. The van der Waals surface area contributed by atoms with E-state index < -0.39 is 0 Å². The van der Waals surface area contributed by atoms with Gasteiger partial charge in [-0.05, 0) is 35.9 Å². The largest absolute Gasteiger partial charge is 0.497 e. The number of hydrogen-bond acceptors (Lipinski definition) is 3. The van der Waals surface area contributed by atoms with Gasteiger partial charge in [-0.2, -0.15) is 0 Å². The molecule has 0 fully saturated rings. The van der Waals surface area contributed by atoms with E-state index in [1.165, 1.54) is 0 Å². The molecule has 0 amide bonds. The van der Waals surface area contributed by atoms with E-state index in [4.69, 9.17) is 9.47 Å². The Kier molecular flexibility index (Phi) is 5.84. The first-order valence-electron chi connectivity index (χ1n) is 8.38. The molecule has 0 saturated carbocycles. The number of hydrogen-bond donors (Lipinski definition) is 0. The fourth-order valence-corrected chi connectivity index (χ4v) is 2.52. The third-order valence-electron chi connectivity index (χ3n) is 3.92. The van der Waals surface area contributed by atoms with Crippen LogP contribution in [0.1, 0.15) is 21.5 Å². The number of para-hydroxylation sites is 1. The Hall–Kier alpha value is -3.33. The lowest BCUT2D eigenvalue weighted by Crippen LogP contribution is -1.97. The van der Waals surface area contributed by atoms with Crippen LogP contribution < -0.4 is 9.47 Å². The van der Waals surface area contributed by atoms with Crippen LogP contribution in [0.4, 0.5) is 0 Å². The van der Waals surface area contributed by atoms with Gasteiger partial charge in [0.1, 0.15) is 18.1 Å². The Morgan fingerprint density at radius 3 is 2.50 bits per heavy atom. The molecule has 0 saturated heterocycles. The van der Waals surface area contributed by atoms with E-state index in [1.807, 2.05) is 60.7 Å². The third kappa shape index (κ3) is 4.61. The van der Waals surface area contributed by atoms with Gasteiger partial charge >= 0.3 is 0 Å². The van der Waals surface area contributed by atoms with Gasteiger partial charge in [0.2, 0.25) is 0 Å². The first-order chi connectivity index (χ1) is 12.8. The van der Waals surface area contributed by atoms with Crippen molar-refractivity contribution in [2.24, 2.45) is 0 Å². The minimum absolute atomic E-state index is 0.0817. The summed E-state index contributed by atoms with van der Waals surface area (Å²) in [6, 6.07) is 24.8. The van der Waals surface area contributed by atoms with Crippen LogP contribution in [-0.2, 0) is 6.61 Å². The van der Waals surface area contributed by atoms with E-state index in [-0.39, 0.29) is 5.78 Å². The highest BCUT2D eigenvalue weighted by atomic mass is 16.5. The molecule has 3 rings (SSSR count). The summed E-state index contributed by atoms with van der Waals surface area (Å²) >= 11 is 0. The Labute approximate surface area is 153 Å². The molecular formula is C23H20O3. The zero-order valence-electron chi connectivity index (χ0n) is 14.6. The second kappa shape index (κ2) is 8.67. The molecular weight excluding hydrogens is 324 g/mol. The quantitative estimate of drug-likeness (QED) is 0.438. The summed E-state index contributed by atoms with van der Waals surface area (Å²) in [5.41, 5.74) is 2.54. The summed E-state index contributed by atoms with van der Waals surface area (Å²) in [6.45, 7) is 0.482. The Balaban J connectivity index is 1.73. The van der Waals surface area contributed by atoms with Crippen molar-refractivity contribution in [2.75, 3.05) is 7.11 Å². The highest BCUT2D eigenvalue weighted by Crippen LogP contribution is 2.21. The fourth-order valence-electron chi connectivity index (χ4n) is 2.52. The van der Waals surface area contributed by atoms with E-state index >= 15 is 0 Å². The van der Waals surface area contributed by atoms with Gasteiger partial charge < -0.3 is 9.47 Å². The van der Waals surface area contributed by atoms with E-state index in [0.29, 0.717) is 17.9 Å². The van der Waals surface area contributed by atoms with Crippen LogP contribution in [0.2, 0.25) is 0 Å². The molecule has 3 nitrogen and oxygen atoms in total. The van der Waals surface area contributed by atoms with Gasteiger partial charge in [-0.1, -0.05) is 60.7 Å². The molecule has 0 N–H and O–H groups in total. The highest BCUT2D eigenvalue weighted by molar-refractivity contribution is 6.07. The lowest BCUT2D eigenvalue weighted by molar-refractivity contribution is 0.104. The molecule has 26 heavy (non-hydrogen) atoms. The SMILES string of the molecule is COc1cccc(C(=O)C=Cc2ccccc2OCc2ccccc2)c1. The minimum Gasteiger partial charge on any atom is -0.497 e. The van der Waals surface area contributed by atoms with Crippen LogP contribution in [0, 0.1) is 0 Å². The van der Waals surface area contributed by atoms with Crippen LogP contribution in [0.15, 0.2) is 84.9 Å². The maximum Gasteiger partial charge on any atom is 0.185 e. The molecule has 0 aliphatic heterocycles. The molecule has 0 atom stereocenters. The molecule has 3 heteroatoms. The third-order valence-corrected chi connectivity index (χ3v) is 3.92. The second-order valence-electron chi connectivity index (χ2n) is 5.74. The standard InChI is InChI=1S/C23H20O3/c1-25-21-12-7-11-20(16-21)22(24)15-14-19-10-5-6-13-23(19)26-17-18-8-3-2-4-9-18/h2-16H,17H2,1H3. The molecule has 0 radical (unpaired) electrons. The molecule has 0 unspecified atom stereocenters. The van der Waals surface area contributed by atoms with Crippen molar-refractivity contribution in [1.29, 1.82) is 0 Å². The number of allylic oxidation sites excluding steroid dienone is 1. The molecule has 0 bridgehead atoms. The van der Waals surface area contributed by atoms with Crippen molar-refractivity contribution in [1.82, 2.24) is 0 Å². The second-order valence-corrected chi connectivity index (χ2v) is 5.74. The van der Waals surface area contributed by atoms with Crippen molar-refractivity contribution in [2.45, 2.75) is 6.61 Å². The van der Waals surface area contributed by atoms with Crippen molar-refractivity contribution in [3.05, 3.63) is 102 Å². The zero-order chi connectivity index (χ0) is 18.2. The predicted octanol–water partition coefficient (Wildman–Crippen LogP) is 5.17. The highest BCUT2D eigenvalue weighted by Gasteiger charge is 2.05. The fraction of sp³-hybridized carbons (Fsp3) is 0.0870.